The molecular weight excluding hydrogens is 385 g/mol. The van der Waals surface area contributed by atoms with Crippen LogP contribution in [0.25, 0.3) is 5.76 Å². The van der Waals surface area contributed by atoms with E-state index in [2.05, 4.69) is 0 Å². The van der Waals surface area contributed by atoms with Crippen molar-refractivity contribution in [2.75, 3.05) is 12.0 Å². The fourth-order valence-corrected chi connectivity index (χ4v) is 3.56. The fourth-order valence-electron chi connectivity index (χ4n) is 3.56. The lowest BCUT2D eigenvalue weighted by Crippen LogP contribution is -2.29. The van der Waals surface area contributed by atoms with Crippen LogP contribution in [0, 0.1) is 5.82 Å². The molecule has 0 bridgehead atoms. The number of carbonyl (C=O) groups excluding carboxylic acids is 2. The fraction of sp³-hybridized carbons (Fsp3) is 0.0833. The molecule has 3 aromatic carbocycles. The van der Waals surface area contributed by atoms with Crippen LogP contribution in [-0.4, -0.2) is 23.9 Å². The van der Waals surface area contributed by atoms with E-state index < -0.39 is 23.5 Å². The van der Waals surface area contributed by atoms with Gasteiger partial charge in [0, 0.05) is 11.3 Å². The van der Waals surface area contributed by atoms with Crippen LogP contribution >= 0.6 is 0 Å². The lowest BCUT2D eigenvalue weighted by molar-refractivity contribution is -0.132. The van der Waals surface area contributed by atoms with Gasteiger partial charge in [-0.15, -0.1) is 0 Å². The third-order valence-corrected chi connectivity index (χ3v) is 5.03. The molecule has 0 spiro atoms. The van der Waals surface area contributed by atoms with E-state index in [4.69, 9.17) is 4.74 Å². The number of Topliss-reactive ketones (excluding diaryl/α,β-unsaturated/α-hetero) is 1. The van der Waals surface area contributed by atoms with Gasteiger partial charge in [0.1, 0.15) is 17.3 Å². The molecule has 1 atom stereocenters. The van der Waals surface area contributed by atoms with Crippen LogP contribution in [0.4, 0.5) is 10.1 Å². The summed E-state index contributed by atoms with van der Waals surface area (Å²) in [7, 11) is 1.53. The minimum atomic E-state index is -0.848. The number of hydrogen-bond donors (Lipinski definition) is 1. The summed E-state index contributed by atoms with van der Waals surface area (Å²) in [5, 5.41) is 11.0. The molecular formula is C24H18FNO4. The third kappa shape index (κ3) is 3.33. The number of methoxy groups -OCH3 is 1. The first-order valence-corrected chi connectivity index (χ1v) is 9.27. The molecule has 4 rings (SSSR count). The van der Waals surface area contributed by atoms with Crippen molar-refractivity contribution in [1.82, 2.24) is 0 Å². The molecule has 1 aliphatic rings. The largest absolute Gasteiger partial charge is 0.507 e. The summed E-state index contributed by atoms with van der Waals surface area (Å²) in [6, 6.07) is 19.9. The van der Waals surface area contributed by atoms with Crippen LogP contribution in [0.2, 0.25) is 0 Å². The summed E-state index contributed by atoms with van der Waals surface area (Å²) in [4.78, 5) is 27.2. The second-order valence-corrected chi connectivity index (χ2v) is 6.78. The van der Waals surface area contributed by atoms with Crippen LogP contribution in [0.5, 0.6) is 5.75 Å². The topological polar surface area (TPSA) is 66.8 Å². The predicted octanol–water partition coefficient (Wildman–Crippen LogP) is 4.46. The van der Waals surface area contributed by atoms with E-state index in [1.54, 1.807) is 48.5 Å². The predicted molar refractivity (Wildman–Crippen MR) is 111 cm³/mol. The van der Waals surface area contributed by atoms with Crippen LogP contribution in [0.3, 0.4) is 0 Å². The average molecular weight is 403 g/mol. The Balaban J connectivity index is 1.90. The molecule has 5 nitrogen and oxygen atoms in total. The summed E-state index contributed by atoms with van der Waals surface area (Å²) in [5.41, 5.74) is 1.37. The van der Waals surface area contributed by atoms with Crippen LogP contribution in [0.1, 0.15) is 17.2 Å². The number of ketones is 1. The Morgan fingerprint density at radius 1 is 0.933 bits per heavy atom. The van der Waals surface area contributed by atoms with Gasteiger partial charge in [0.15, 0.2) is 0 Å². The molecule has 1 amide bonds. The Morgan fingerprint density at radius 2 is 1.57 bits per heavy atom. The van der Waals surface area contributed by atoms with Gasteiger partial charge in [0.2, 0.25) is 0 Å². The molecule has 3 aromatic rings. The number of carbonyl (C=O) groups is 2. The first kappa shape index (κ1) is 19.4. The quantitative estimate of drug-likeness (QED) is 0.397. The summed E-state index contributed by atoms with van der Waals surface area (Å²) in [6.45, 7) is 0. The number of aliphatic hydroxyl groups is 1. The lowest BCUT2D eigenvalue weighted by atomic mass is 9.95. The van der Waals surface area contributed by atoms with Crippen LogP contribution in [0.15, 0.2) is 84.4 Å². The van der Waals surface area contributed by atoms with Gasteiger partial charge in [-0.3, -0.25) is 14.5 Å². The van der Waals surface area contributed by atoms with Crippen molar-refractivity contribution in [2.24, 2.45) is 0 Å². The van der Waals surface area contributed by atoms with Crippen molar-refractivity contribution in [3.8, 4) is 5.75 Å². The zero-order valence-electron chi connectivity index (χ0n) is 16.1. The number of rotatable bonds is 4. The Morgan fingerprint density at radius 3 is 2.17 bits per heavy atom. The monoisotopic (exact) mass is 403 g/mol. The van der Waals surface area contributed by atoms with Gasteiger partial charge in [0.05, 0.1) is 18.7 Å². The Labute approximate surface area is 172 Å². The second kappa shape index (κ2) is 7.83. The molecule has 1 heterocycles. The maximum atomic E-state index is 13.4. The summed E-state index contributed by atoms with van der Waals surface area (Å²) < 4.78 is 18.6. The maximum Gasteiger partial charge on any atom is 0.300 e. The zero-order valence-corrected chi connectivity index (χ0v) is 16.1. The van der Waals surface area contributed by atoms with E-state index in [1.807, 2.05) is 6.07 Å². The van der Waals surface area contributed by atoms with E-state index in [1.165, 1.54) is 36.3 Å². The van der Waals surface area contributed by atoms with Gasteiger partial charge in [0.25, 0.3) is 11.7 Å². The number of hydrogen-bond acceptors (Lipinski definition) is 4. The van der Waals surface area contributed by atoms with Gasteiger partial charge >= 0.3 is 0 Å². The van der Waals surface area contributed by atoms with Crippen molar-refractivity contribution >= 4 is 23.1 Å². The lowest BCUT2D eigenvalue weighted by Gasteiger charge is -2.25. The molecule has 1 fully saturated rings. The van der Waals surface area contributed by atoms with Crippen molar-refractivity contribution in [3.05, 3.63) is 101 Å². The summed E-state index contributed by atoms with van der Waals surface area (Å²) in [5.74, 6) is -1.73. The molecule has 1 N–H and O–H groups in total. The van der Waals surface area contributed by atoms with E-state index in [9.17, 15) is 19.1 Å². The highest BCUT2D eigenvalue weighted by molar-refractivity contribution is 6.51. The first-order chi connectivity index (χ1) is 14.5. The second-order valence-electron chi connectivity index (χ2n) is 6.78. The van der Waals surface area contributed by atoms with Crippen molar-refractivity contribution in [1.29, 1.82) is 0 Å². The third-order valence-electron chi connectivity index (χ3n) is 5.03. The molecule has 150 valence electrons. The van der Waals surface area contributed by atoms with Crippen molar-refractivity contribution in [2.45, 2.75) is 6.04 Å². The average Bonchev–Trinajstić information content (AvgIpc) is 3.05. The van der Waals surface area contributed by atoms with Gasteiger partial charge in [-0.2, -0.15) is 0 Å². The number of anilines is 1. The standard InChI is InChI=1S/C24H18FNO4/c1-30-19-13-7-16(8-14-19)22(27)20-21(15-5-3-2-4-6-15)26(24(29)23(20)28)18-11-9-17(25)10-12-18/h2-14,21,27H,1H3. The molecule has 0 saturated carbocycles. The number of amides is 1. The number of aliphatic hydroxyl groups excluding tert-OH is 1. The SMILES string of the molecule is COc1ccc(C(O)=C2C(=O)C(=O)N(c3ccc(F)cc3)C2c2ccccc2)cc1. The normalized spacial score (nSPS) is 17.9. The maximum absolute atomic E-state index is 13.4. The van der Waals surface area contributed by atoms with Crippen LogP contribution in [-0.2, 0) is 9.59 Å². The van der Waals surface area contributed by atoms with E-state index in [0.717, 1.165) is 0 Å². The molecule has 1 unspecified atom stereocenters. The highest BCUT2D eigenvalue weighted by Gasteiger charge is 2.46. The molecule has 0 radical (unpaired) electrons. The van der Waals surface area contributed by atoms with Crippen molar-refractivity contribution < 1.29 is 23.8 Å². The zero-order chi connectivity index (χ0) is 21.3. The van der Waals surface area contributed by atoms with Gasteiger partial charge in [-0.05, 0) is 54.1 Å². The number of ether oxygens (including phenoxy) is 1. The van der Waals surface area contributed by atoms with Crippen LogP contribution < -0.4 is 9.64 Å². The molecule has 1 saturated heterocycles. The highest BCUT2D eigenvalue weighted by atomic mass is 19.1. The van der Waals surface area contributed by atoms with Gasteiger partial charge in [-0.25, -0.2) is 4.39 Å². The Bertz CT molecular complexity index is 1120. The molecule has 30 heavy (non-hydrogen) atoms. The Hall–Kier alpha value is -3.93. The van der Waals surface area contributed by atoms with Crippen molar-refractivity contribution in [3.63, 3.8) is 0 Å². The molecule has 1 aliphatic heterocycles. The molecule has 0 aromatic heterocycles. The van der Waals surface area contributed by atoms with E-state index >= 15 is 0 Å². The smallest absolute Gasteiger partial charge is 0.300 e. The Kier molecular flexibility index (Phi) is 5.06. The van der Waals surface area contributed by atoms with E-state index in [0.29, 0.717) is 22.6 Å². The summed E-state index contributed by atoms with van der Waals surface area (Å²) in [6.07, 6.45) is 0. The molecule has 0 aliphatic carbocycles. The van der Waals surface area contributed by atoms with E-state index in [-0.39, 0.29) is 11.3 Å². The van der Waals surface area contributed by atoms with Gasteiger partial charge < -0.3 is 9.84 Å². The highest BCUT2D eigenvalue weighted by Crippen LogP contribution is 2.42. The minimum absolute atomic E-state index is 0.0271. The minimum Gasteiger partial charge on any atom is -0.507 e. The summed E-state index contributed by atoms with van der Waals surface area (Å²) >= 11 is 0. The number of halogens is 1. The first-order valence-electron chi connectivity index (χ1n) is 9.27. The van der Waals surface area contributed by atoms with Gasteiger partial charge in [-0.1, -0.05) is 30.3 Å². The number of benzene rings is 3. The molecule has 6 heteroatoms. The number of nitrogens with zero attached hydrogens (tertiary/aromatic N) is 1.